The highest BCUT2D eigenvalue weighted by Crippen LogP contribution is 2.29. The molecule has 256 valence electrons. The first kappa shape index (κ1) is 35.3. The first-order valence-corrected chi connectivity index (χ1v) is 16.7. The summed E-state index contributed by atoms with van der Waals surface area (Å²) in [7, 11) is 0. The molecule has 4 heterocycles. The molecule has 2 fully saturated rings. The van der Waals surface area contributed by atoms with Crippen LogP contribution in [0.15, 0.2) is 42.6 Å². The summed E-state index contributed by atoms with van der Waals surface area (Å²) in [5.74, 6) is 6.52. The van der Waals surface area contributed by atoms with Crippen molar-refractivity contribution in [3.8, 4) is 17.9 Å². The van der Waals surface area contributed by atoms with E-state index in [4.69, 9.17) is 0 Å². The van der Waals surface area contributed by atoms with Crippen LogP contribution in [0.3, 0.4) is 0 Å². The SMILES string of the molecule is CC1(O)CCN(CC(=O)N2CCC(CCc3ccc4c(c3)cc(C#CCNc3ccc(C(C)(C)C#N)nc3)n4CC(F)(F)F)CC2)CC1. The molecular formula is C37H45F3N6O2. The van der Waals surface area contributed by atoms with Gasteiger partial charge in [0.05, 0.1) is 53.4 Å². The Morgan fingerprint density at radius 2 is 1.83 bits per heavy atom. The number of carbonyl (C=O) groups excluding carboxylic acids is 1. The smallest absolute Gasteiger partial charge is 0.390 e. The van der Waals surface area contributed by atoms with E-state index in [0.29, 0.717) is 47.9 Å². The predicted molar refractivity (Wildman–Crippen MR) is 180 cm³/mol. The third-order valence-electron chi connectivity index (χ3n) is 9.68. The third kappa shape index (κ3) is 9.30. The minimum Gasteiger partial charge on any atom is -0.390 e. The fourth-order valence-electron chi connectivity index (χ4n) is 6.46. The number of fused-ring (bicyclic) bond motifs is 1. The molecule has 0 saturated carbocycles. The van der Waals surface area contributed by atoms with Gasteiger partial charge in [0, 0.05) is 37.1 Å². The van der Waals surface area contributed by atoms with Crippen molar-refractivity contribution in [2.75, 3.05) is 44.6 Å². The molecule has 0 unspecified atom stereocenters. The number of nitriles is 1. The Morgan fingerprint density at radius 1 is 1.10 bits per heavy atom. The monoisotopic (exact) mass is 662 g/mol. The maximum atomic E-state index is 13.6. The van der Waals surface area contributed by atoms with Crippen molar-refractivity contribution >= 4 is 22.5 Å². The number of rotatable bonds is 9. The maximum Gasteiger partial charge on any atom is 0.406 e. The van der Waals surface area contributed by atoms with Crippen LogP contribution in [0.1, 0.15) is 69.8 Å². The molecule has 1 amide bonds. The van der Waals surface area contributed by atoms with Gasteiger partial charge in [-0.05, 0) is 107 Å². The highest BCUT2D eigenvalue weighted by Gasteiger charge is 2.31. The van der Waals surface area contributed by atoms with Crippen LogP contribution in [0.5, 0.6) is 0 Å². The number of nitrogens with zero attached hydrogens (tertiary/aromatic N) is 5. The number of likely N-dealkylation sites (tertiary alicyclic amines) is 2. The third-order valence-corrected chi connectivity index (χ3v) is 9.68. The second-order valence-electron chi connectivity index (χ2n) is 14.1. The van der Waals surface area contributed by atoms with Gasteiger partial charge in [-0.2, -0.15) is 18.4 Å². The van der Waals surface area contributed by atoms with Gasteiger partial charge < -0.3 is 19.9 Å². The largest absolute Gasteiger partial charge is 0.406 e. The first-order valence-electron chi connectivity index (χ1n) is 16.7. The lowest BCUT2D eigenvalue weighted by Gasteiger charge is -2.37. The zero-order valence-corrected chi connectivity index (χ0v) is 28.0. The molecule has 11 heteroatoms. The zero-order valence-electron chi connectivity index (χ0n) is 28.0. The number of aryl methyl sites for hydroxylation is 1. The molecule has 0 atom stereocenters. The summed E-state index contributed by atoms with van der Waals surface area (Å²) in [6.07, 6.45) is 2.25. The normalized spacial score (nSPS) is 17.5. The molecular weight excluding hydrogens is 617 g/mol. The standard InChI is InChI=1S/C37H45F3N6O2/c1-35(2,25-41)33-11-9-30(23-43-33)42-16-4-5-31-22-29-21-28(8-10-32(29)46(31)26-37(38,39)40)7-6-27-12-17-45(18-13-27)34(47)24-44-19-14-36(3,48)15-20-44/h8-11,21-23,27,42,48H,6-7,12-20,24,26H2,1-3H3. The Kier molecular flexibility index (Phi) is 10.7. The minimum absolute atomic E-state index is 0.158. The first-order chi connectivity index (χ1) is 22.7. The van der Waals surface area contributed by atoms with Crippen molar-refractivity contribution in [3.05, 3.63) is 59.5 Å². The number of carbonyl (C=O) groups is 1. The van der Waals surface area contributed by atoms with E-state index in [0.717, 1.165) is 62.8 Å². The van der Waals surface area contributed by atoms with Crippen LogP contribution in [0, 0.1) is 29.1 Å². The van der Waals surface area contributed by atoms with E-state index < -0.39 is 23.7 Å². The highest BCUT2D eigenvalue weighted by molar-refractivity contribution is 5.83. The number of alkyl halides is 3. The summed E-state index contributed by atoms with van der Waals surface area (Å²) >= 11 is 0. The fraction of sp³-hybridized carbons (Fsp3) is 0.541. The van der Waals surface area contributed by atoms with Crippen molar-refractivity contribution in [1.82, 2.24) is 19.4 Å². The van der Waals surface area contributed by atoms with Gasteiger partial charge in [0.15, 0.2) is 0 Å². The number of halogens is 3. The van der Waals surface area contributed by atoms with Crippen molar-refractivity contribution < 1.29 is 23.1 Å². The molecule has 8 nitrogen and oxygen atoms in total. The lowest BCUT2D eigenvalue weighted by atomic mass is 9.90. The average molecular weight is 663 g/mol. The number of piperidine rings is 2. The van der Waals surface area contributed by atoms with Gasteiger partial charge in [0.25, 0.3) is 0 Å². The summed E-state index contributed by atoms with van der Waals surface area (Å²) in [6, 6.07) is 13.2. The Morgan fingerprint density at radius 3 is 2.48 bits per heavy atom. The summed E-state index contributed by atoms with van der Waals surface area (Å²) < 4.78 is 41.9. The minimum atomic E-state index is -4.39. The van der Waals surface area contributed by atoms with E-state index in [9.17, 15) is 28.3 Å². The fourth-order valence-corrected chi connectivity index (χ4v) is 6.46. The molecule has 2 N–H and O–H groups in total. The number of aromatic nitrogens is 2. The average Bonchev–Trinajstić information content (AvgIpc) is 3.38. The van der Waals surface area contributed by atoms with E-state index in [1.54, 1.807) is 44.3 Å². The van der Waals surface area contributed by atoms with Crippen molar-refractivity contribution in [2.45, 2.75) is 83.0 Å². The van der Waals surface area contributed by atoms with Crippen LogP contribution >= 0.6 is 0 Å². The van der Waals surface area contributed by atoms with Gasteiger partial charge in [0.1, 0.15) is 6.54 Å². The number of anilines is 1. The molecule has 2 aromatic heterocycles. The van der Waals surface area contributed by atoms with Crippen LogP contribution in [-0.4, -0.2) is 81.4 Å². The lowest BCUT2D eigenvalue weighted by molar-refractivity contribution is -0.140. The van der Waals surface area contributed by atoms with Gasteiger partial charge >= 0.3 is 6.18 Å². The van der Waals surface area contributed by atoms with E-state index >= 15 is 0 Å². The number of amides is 1. The second kappa shape index (κ2) is 14.6. The molecule has 0 bridgehead atoms. The van der Waals surface area contributed by atoms with Crippen molar-refractivity contribution in [3.63, 3.8) is 0 Å². The van der Waals surface area contributed by atoms with Crippen molar-refractivity contribution in [1.29, 1.82) is 5.26 Å². The molecule has 48 heavy (non-hydrogen) atoms. The molecule has 0 radical (unpaired) electrons. The zero-order chi connectivity index (χ0) is 34.5. The van der Waals surface area contributed by atoms with Gasteiger partial charge in [-0.1, -0.05) is 12.0 Å². The Labute approximate surface area is 280 Å². The predicted octanol–water partition coefficient (Wildman–Crippen LogP) is 5.88. The van der Waals surface area contributed by atoms with Crippen molar-refractivity contribution in [2.24, 2.45) is 5.92 Å². The maximum absolute atomic E-state index is 13.6. The molecule has 2 aliphatic rings. The number of hydrogen-bond donors (Lipinski definition) is 2. The summed E-state index contributed by atoms with van der Waals surface area (Å²) in [4.78, 5) is 21.3. The van der Waals surface area contributed by atoms with Crippen LogP contribution < -0.4 is 5.32 Å². The molecule has 2 aliphatic heterocycles. The molecule has 3 aromatic rings. The van der Waals surface area contributed by atoms with E-state index in [1.165, 1.54) is 4.57 Å². The number of pyridine rings is 1. The number of aliphatic hydroxyl groups is 1. The number of hydrogen-bond acceptors (Lipinski definition) is 6. The molecule has 0 spiro atoms. The number of nitrogens with one attached hydrogen (secondary N) is 1. The molecule has 0 aliphatic carbocycles. The molecule has 2 saturated heterocycles. The van der Waals surface area contributed by atoms with Gasteiger partial charge in [-0.3, -0.25) is 14.7 Å². The van der Waals surface area contributed by atoms with Gasteiger partial charge in [0.2, 0.25) is 5.91 Å². The Balaban J connectivity index is 1.16. The van der Waals surface area contributed by atoms with E-state index in [-0.39, 0.29) is 12.5 Å². The van der Waals surface area contributed by atoms with Gasteiger partial charge in [-0.25, -0.2) is 0 Å². The van der Waals surface area contributed by atoms with Crippen LogP contribution in [0.2, 0.25) is 0 Å². The van der Waals surface area contributed by atoms with Crippen LogP contribution in [0.25, 0.3) is 10.9 Å². The van der Waals surface area contributed by atoms with E-state index in [1.807, 2.05) is 24.0 Å². The quantitative estimate of drug-likeness (QED) is 0.278. The second-order valence-corrected chi connectivity index (χ2v) is 14.1. The topological polar surface area (TPSA) is 97.4 Å². The van der Waals surface area contributed by atoms with Gasteiger partial charge in [-0.15, -0.1) is 0 Å². The van der Waals surface area contributed by atoms with Crippen LogP contribution in [-0.2, 0) is 23.2 Å². The summed E-state index contributed by atoms with van der Waals surface area (Å²) in [5.41, 5.74) is 1.89. The highest BCUT2D eigenvalue weighted by atomic mass is 19.4. The number of benzene rings is 1. The Hall–Kier alpha value is -4.06. The lowest BCUT2D eigenvalue weighted by Crippen LogP contribution is -2.48. The molecule has 1 aromatic carbocycles. The molecule has 5 rings (SSSR count). The summed E-state index contributed by atoms with van der Waals surface area (Å²) in [6.45, 7) is 7.90. The Bertz CT molecular complexity index is 1680. The van der Waals surface area contributed by atoms with E-state index in [2.05, 4.69) is 33.1 Å². The summed E-state index contributed by atoms with van der Waals surface area (Å²) in [5, 5.41) is 23.3. The van der Waals surface area contributed by atoms with Crippen LogP contribution in [0.4, 0.5) is 18.9 Å².